The molecule has 0 bridgehead atoms. The molecule has 2 N–H and O–H groups in total. The average molecular weight is 365 g/mol. The van der Waals surface area contributed by atoms with Crippen LogP contribution in [0.1, 0.15) is 12.5 Å². The molecular weight excluding hydrogens is 354 g/mol. The maximum absolute atomic E-state index is 5.98. The fraction of sp³-hybridized carbons (Fsp3) is 0.300. The van der Waals surface area contributed by atoms with Gasteiger partial charge in [-0.25, -0.2) is 0 Å². The van der Waals surface area contributed by atoms with Crippen LogP contribution in [-0.2, 0) is 13.5 Å². The number of hydrogen-bond acceptors (Lipinski definition) is 3. The van der Waals surface area contributed by atoms with Gasteiger partial charge in [0, 0.05) is 17.1 Å². The van der Waals surface area contributed by atoms with E-state index in [2.05, 4.69) is 49.9 Å². The highest BCUT2D eigenvalue weighted by atomic mass is 79.9. The molecule has 2 aromatic rings. The fourth-order valence-corrected chi connectivity index (χ4v) is 3.64. The van der Waals surface area contributed by atoms with Crippen LogP contribution in [-0.4, -0.2) is 9.78 Å². The van der Waals surface area contributed by atoms with Gasteiger partial charge in [-0.05, 0) is 44.3 Å². The largest absolute Gasteiger partial charge is 0.384 e. The van der Waals surface area contributed by atoms with Crippen LogP contribution in [0.4, 0.5) is 5.82 Å². The van der Waals surface area contributed by atoms with Crippen molar-refractivity contribution in [1.29, 1.82) is 0 Å². The molecule has 3 nitrogen and oxygen atoms in total. The van der Waals surface area contributed by atoms with Crippen LogP contribution in [0.3, 0.4) is 0 Å². The molecule has 0 saturated heterocycles. The molecule has 0 aliphatic rings. The van der Waals surface area contributed by atoms with Gasteiger partial charge in [0.15, 0.2) is 0 Å². The molecule has 2 aromatic heterocycles. The van der Waals surface area contributed by atoms with Gasteiger partial charge < -0.3 is 5.73 Å². The Balaban J connectivity index is 2.59. The number of rotatable bonds is 2. The Hall–Kier alpha value is -0.330. The number of halogens is 2. The quantitative estimate of drug-likeness (QED) is 0.880. The van der Waals surface area contributed by atoms with Crippen molar-refractivity contribution < 1.29 is 0 Å². The summed E-state index contributed by atoms with van der Waals surface area (Å²) in [5, 5.41) is 4.47. The summed E-state index contributed by atoms with van der Waals surface area (Å²) in [4.78, 5) is 1.13. The second kappa shape index (κ2) is 4.50. The molecule has 0 atom stereocenters. The Kier molecular flexibility index (Phi) is 3.42. The zero-order chi connectivity index (χ0) is 11.9. The van der Waals surface area contributed by atoms with Crippen LogP contribution in [0.25, 0.3) is 10.6 Å². The summed E-state index contributed by atoms with van der Waals surface area (Å²) >= 11 is 8.63. The maximum Gasteiger partial charge on any atom is 0.125 e. The van der Waals surface area contributed by atoms with Gasteiger partial charge in [-0.1, -0.05) is 6.92 Å². The van der Waals surface area contributed by atoms with E-state index in [0.29, 0.717) is 0 Å². The van der Waals surface area contributed by atoms with Crippen LogP contribution in [0.2, 0.25) is 0 Å². The molecule has 0 spiro atoms. The average Bonchev–Trinajstić information content (AvgIpc) is 2.71. The van der Waals surface area contributed by atoms with Crippen molar-refractivity contribution >= 4 is 49.0 Å². The summed E-state index contributed by atoms with van der Waals surface area (Å²) < 4.78 is 3.86. The van der Waals surface area contributed by atoms with Crippen molar-refractivity contribution in [3.8, 4) is 10.6 Å². The molecule has 86 valence electrons. The van der Waals surface area contributed by atoms with E-state index in [0.717, 1.165) is 36.6 Å². The van der Waals surface area contributed by atoms with Gasteiger partial charge in [0.25, 0.3) is 0 Å². The van der Waals surface area contributed by atoms with Crippen molar-refractivity contribution in [2.75, 3.05) is 5.73 Å². The first-order chi connectivity index (χ1) is 7.54. The van der Waals surface area contributed by atoms with Crippen molar-refractivity contribution in [3.05, 3.63) is 19.9 Å². The molecule has 0 radical (unpaired) electrons. The van der Waals surface area contributed by atoms with Gasteiger partial charge in [-0.2, -0.15) is 5.10 Å². The maximum atomic E-state index is 5.98. The van der Waals surface area contributed by atoms with Gasteiger partial charge in [0.1, 0.15) is 11.5 Å². The number of anilines is 1. The second-order valence-electron chi connectivity index (χ2n) is 3.42. The highest BCUT2D eigenvalue weighted by molar-refractivity contribution is 9.13. The predicted molar refractivity (Wildman–Crippen MR) is 75.7 cm³/mol. The molecule has 0 saturated carbocycles. The lowest BCUT2D eigenvalue weighted by molar-refractivity contribution is 0.782. The zero-order valence-corrected chi connectivity index (χ0v) is 12.9. The van der Waals surface area contributed by atoms with Gasteiger partial charge in [-0.15, -0.1) is 11.3 Å². The summed E-state index contributed by atoms with van der Waals surface area (Å²) in [5.41, 5.74) is 8.08. The summed E-state index contributed by atoms with van der Waals surface area (Å²) in [6.07, 6.45) is 0.891. The number of aryl methyl sites for hydroxylation is 1. The lowest BCUT2D eigenvalue weighted by Gasteiger charge is -1.96. The molecule has 2 rings (SSSR count). The van der Waals surface area contributed by atoms with Crippen LogP contribution in [0.15, 0.2) is 14.3 Å². The molecule has 0 amide bonds. The van der Waals surface area contributed by atoms with Crippen LogP contribution in [0.5, 0.6) is 0 Å². The summed E-state index contributed by atoms with van der Waals surface area (Å²) in [6, 6.07) is 2.07. The summed E-state index contributed by atoms with van der Waals surface area (Å²) in [5.74, 6) is 0.748. The minimum Gasteiger partial charge on any atom is -0.384 e. The Morgan fingerprint density at radius 2 is 2.19 bits per heavy atom. The van der Waals surface area contributed by atoms with E-state index in [4.69, 9.17) is 5.73 Å². The normalized spacial score (nSPS) is 11.0. The highest BCUT2D eigenvalue weighted by Gasteiger charge is 2.16. The molecule has 2 heterocycles. The minimum atomic E-state index is 0.748. The highest BCUT2D eigenvalue weighted by Crippen LogP contribution is 2.39. The monoisotopic (exact) mass is 363 g/mol. The van der Waals surface area contributed by atoms with Gasteiger partial charge >= 0.3 is 0 Å². The second-order valence-corrected chi connectivity index (χ2v) is 6.65. The van der Waals surface area contributed by atoms with Crippen molar-refractivity contribution in [1.82, 2.24) is 9.78 Å². The third kappa shape index (κ3) is 1.94. The number of thiophene rings is 1. The fourth-order valence-electron chi connectivity index (χ4n) is 1.59. The van der Waals surface area contributed by atoms with E-state index in [1.807, 2.05) is 7.05 Å². The lowest BCUT2D eigenvalue weighted by atomic mass is 10.1. The third-order valence-electron chi connectivity index (χ3n) is 2.43. The number of hydrogen-bond donors (Lipinski definition) is 1. The Bertz CT molecular complexity index is 511. The smallest absolute Gasteiger partial charge is 0.125 e. The van der Waals surface area contributed by atoms with E-state index >= 15 is 0 Å². The summed E-state index contributed by atoms with van der Waals surface area (Å²) in [6.45, 7) is 2.09. The van der Waals surface area contributed by atoms with E-state index < -0.39 is 0 Å². The first-order valence-corrected chi connectivity index (χ1v) is 7.21. The van der Waals surface area contributed by atoms with Crippen LogP contribution < -0.4 is 5.73 Å². The molecule has 16 heavy (non-hydrogen) atoms. The zero-order valence-electron chi connectivity index (χ0n) is 8.92. The Morgan fingerprint density at radius 3 is 2.69 bits per heavy atom. The molecule has 0 aliphatic heterocycles. The number of nitrogens with two attached hydrogens (primary N) is 1. The number of nitrogen functional groups attached to an aromatic ring is 1. The third-order valence-corrected chi connectivity index (χ3v) is 5.69. The lowest BCUT2D eigenvalue weighted by Crippen LogP contribution is -1.98. The summed E-state index contributed by atoms with van der Waals surface area (Å²) in [7, 11) is 1.87. The Morgan fingerprint density at radius 1 is 1.50 bits per heavy atom. The number of aromatic nitrogens is 2. The molecule has 0 fully saturated rings. The van der Waals surface area contributed by atoms with Gasteiger partial charge in [0.05, 0.1) is 8.66 Å². The minimum absolute atomic E-state index is 0.748. The standard InChI is InChI=1S/C10H11Br2N3S/c1-3-5-8(14-15(2)10(5)13)7-4-6(11)9(12)16-7/h4H,3,13H2,1-2H3. The van der Waals surface area contributed by atoms with Crippen molar-refractivity contribution in [3.63, 3.8) is 0 Å². The van der Waals surface area contributed by atoms with Crippen molar-refractivity contribution in [2.24, 2.45) is 7.05 Å². The van der Waals surface area contributed by atoms with Crippen molar-refractivity contribution in [2.45, 2.75) is 13.3 Å². The van der Waals surface area contributed by atoms with E-state index in [9.17, 15) is 0 Å². The molecule has 0 unspecified atom stereocenters. The first kappa shape index (κ1) is 12.1. The SMILES string of the molecule is CCc1c(-c2cc(Br)c(Br)s2)nn(C)c1N. The Labute approximate surface area is 115 Å². The van der Waals surface area contributed by atoms with E-state index in [1.165, 1.54) is 0 Å². The molecule has 0 aromatic carbocycles. The molecule has 6 heteroatoms. The van der Waals surface area contributed by atoms with Crippen LogP contribution >= 0.6 is 43.2 Å². The van der Waals surface area contributed by atoms with Gasteiger partial charge in [0.2, 0.25) is 0 Å². The molecule has 0 aliphatic carbocycles. The number of nitrogens with zero attached hydrogens (tertiary/aromatic N) is 2. The molecular formula is C10H11Br2N3S. The van der Waals surface area contributed by atoms with Crippen LogP contribution in [0, 0.1) is 0 Å². The van der Waals surface area contributed by atoms with E-state index in [-0.39, 0.29) is 0 Å². The topological polar surface area (TPSA) is 43.8 Å². The van der Waals surface area contributed by atoms with E-state index in [1.54, 1.807) is 16.0 Å². The van der Waals surface area contributed by atoms with Gasteiger partial charge in [-0.3, -0.25) is 4.68 Å². The predicted octanol–water partition coefficient (Wildman–Crippen LogP) is 3.82. The first-order valence-electron chi connectivity index (χ1n) is 4.81.